The molecule has 2 rings (SSSR count). The summed E-state index contributed by atoms with van der Waals surface area (Å²) < 4.78 is 2.59. The lowest BCUT2D eigenvalue weighted by Gasteiger charge is -2.15. The minimum atomic E-state index is -0.871. The molecule has 0 aliphatic carbocycles. The fraction of sp³-hybridized carbons (Fsp3) is 0.400. The van der Waals surface area contributed by atoms with E-state index in [-0.39, 0.29) is 12.2 Å². The highest BCUT2D eigenvalue weighted by Crippen LogP contribution is 2.39. The van der Waals surface area contributed by atoms with Crippen LogP contribution in [0.2, 0.25) is 0 Å². The molecule has 0 saturated carbocycles. The van der Waals surface area contributed by atoms with Crippen LogP contribution in [0.5, 0.6) is 5.75 Å². The minimum absolute atomic E-state index is 0.0509. The van der Waals surface area contributed by atoms with E-state index < -0.39 is 5.97 Å². The molecule has 0 bridgehead atoms. The summed E-state index contributed by atoms with van der Waals surface area (Å²) in [6.45, 7) is 2.44. The molecule has 0 aliphatic heterocycles. The molecule has 0 atom stereocenters. The first-order valence-corrected chi connectivity index (χ1v) is 7.38. The van der Waals surface area contributed by atoms with Gasteiger partial charge in [-0.1, -0.05) is 0 Å². The third-order valence-corrected chi connectivity index (χ3v) is 4.34. The highest BCUT2D eigenvalue weighted by atomic mass is 79.9. The van der Waals surface area contributed by atoms with Gasteiger partial charge in [-0.25, -0.2) is 0 Å². The molecule has 0 unspecified atom stereocenters. The zero-order valence-corrected chi connectivity index (χ0v) is 14.2. The number of halogens is 1. The number of benzene rings is 1. The number of rotatable bonds is 4. The second kappa shape index (κ2) is 5.69. The van der Waals surface area contributed by atoms with E-state index in [1.807, 2.05) is 43.6 Å². The van der Waals surface area contributed by atoms with Gasteiger partial charge in [0.1, 0.15) is 5.75 Å². The lowest BCUT2D eigenvalue weighted by molar-refractivity contribution is -0.136. The molecule has 2 aromatic rings. The van der Waals surface area contributed by atoms with Gasteiger partial charge in [-0.2, -0.15) is 0 Å². The van der Waals surface area contributed by atoms with Crippen molar-refractivity contribution in [3.63, 3.8) is 0 Å². The summed E-state index contributed by atoms with van der Waals surface area (Å²) in [5.41, 5.74) is 3.35. The summed E-state index contributed by atoms with van der Waals surface area (Å²) in [7, 11) is 5.74. The van der Waals surface area contributed by atoms with Crippen molar-refractivity contribution >= 4 is 32.8 Å². The number of aromatic hydroxyl groups is 1. The van der Waals surface area contributed by atoms with Gasteiger partial charge in [-0.05, 0) is 48.6 Å². The van der Waals surface area contributed by atoms with Crippen molar-refractivity contribution in [2.75, 3.05) is 14.1 Å². The van der Waals surface area contributed by atoms with Crippen LogP contribution in [0.25, 0.3) is 10.9 Å². The van der Waals surface area contributed by atoms with Crippen molar-refractivity contribution in [1.82, 2.24) is 9.47 Å². The van der Waals surface area contributed by atoms with E-state index in [0.717, 1.165) is 27.7 Å². The fourth-order valence-corrected chi connectivity index (χ4v) is 3.14. The van der Waals surface area contributed by atoms with Crippen molar-refractivity contribution < 1.29 is 15.0 Å². The molecule has 21 heavy (non-hydrogen) atoms. The summed E-state index contributed by atoms with van der Waals surface area (Å²) in [6, 6.07) is 1.84. The van der Waals surface area contributed by atoms with Crippen molar-refractivity contribution in [2.45, 2.75) is 19.9 Å². The molecule has 0 saturated heterocycles. The van der Waals surface area contributed by atoms with Gasteiger partial charge in [0.25, 0.3) is 0 Å². The summed E-state index contributed by atoms with van der Waals surface area (Å²) in [4.78, 5) is 13.1. The van der Waals surface area contributed by atoms with Gasteiger partial charge in [0.2, 0.25) is 0 Å². The van der Waals surface area contributed by atoms with E-state index in [1.54, 1.807) is 0 Å². The van der Waals surface area contributed by atoms with Crippen LogP contribution in [0.3, 0.4) is 0 Å². The van der Waals surface area contributed by atoms with Crippen LogP contribution in [-0.4, -0.2) is 39.7 Å². The van der Waals surface area contributed by atoms with E-state index in [0.29, 0.717) is 11.0 Å². The zero-order chi connectivity index (χ0) is 15.9. The quantitative estimate of drug-likeness (QED) is 0.885. The first-order valence-electron chi connectivity index (χ1n) is 6.58. The minimum Gasteiger partial charge on any atom is -0.506 e. The Balaban J connectivity index is 2.87. The van der Waals surface area contributed by atoms with Crippen LogP contribution in [-0.2, 0) is 24.8 Å². The van der Waals surface area contributed by atoms with Gasteiger partial charge < -0.3 is 19.7 Å². The predicted molar refractivity (Wildman–Crippen MR) is 85.8 cm³/mol. The number of aliphatic carboxylic acids is 1. The van der Waals surface area contributed by atoms with Gasteiger partial charge in [0.05, 0.1) is 10.9 Å². The van der Waals surface area contributed by atoms with Crippen molar-refractivity contribution in [2.24, 2.45) is 7.05 Å². The maximum Gasteiger partial charge on any atom is 0.307 e. The number of fused-ring (bicyclic) bond motifs is 1. The molecule has 0 radical (unpaired) electrons. The number of aromatic nitrogens is 1. The second-order valence-corrected chi connectivity index (χ2v) is 6.37. The standard InChI is InChI=1S/C15H19BrN2O3/c1-8-9(5-13(19)20)14-10(7-17(2)3)15(21)11(16)6-12(14)18(8)4/h6,21H,5,7H2,1-4H3,(H,19,20). The Bertz CT molecular complexity index is 720. The van der Waals surface area contributed by atoms with Crippen molar-refractivity contribution in [1.29, 1.82) is 0 Å². The fourth-order valence-electron chi connectivity index (χ4n) is 2.68. The third kappa shape index (κ3) is 2.78. The van der Waals surface area contributed by atoms with Gasteiger partial charge in [-0.15, -0.1) is 0 Å². The number of aryl methyl sites for hydroxylation is 1. The molecule has 6 heteroatoms. The Morgan fingerprint density at radius 1 is 1.38 bits per heavy atom. The number of carbonyl (C=O) groups is 1. The SMILES string of the molecule is Cc1c(CC(=O)O)c2c(CN(C)C)c(O)c(Br)cc2n1C. The van der Waals surface area contributed by atoms with E-state index in [9.17, 15) is 9.90 Å². The van der Waals surface area contributed by atoms with Gasteiger partial charge in [-0.3, -0.25) is 4.79 Å². The van der Waals surface area contributed by atoms with E-state index >= 15 is 0 Å². The van der Waals surface area contributed by atoms with Crippen molar-refractivity contribution in [3.05, 3.63) is 27.4 Å². The molecule has 0 aliphatic rings. The molecule has 0 fully saturated rings. The molecular weight excluding hydrogens is 336 g/mol. The normalized spacial score (nSPS) is 11.5. The van der Waals surface area contributed by atoms with E-state index in [4.69, 9.17) is 5.11 Å². The average molecular weight is 355 g/mol. The number of phenols is 1. The highest BCUT2D eigenvalue weighted by Gasteiger charge is 2.21. The van der Waals surface area contributed by atoms with E-state index in [2.05, 4.69) is 15.9 Å². The molecule has 0 spiro atoms. The Hall–Kier alpha value is -1.53. The number of nitrogens with zero attached hydrogens (tertiary/aromatic N) is 2. The Kier molecular flexibility index (Phi) is 4.30. The lowest BCUT2D eigenvalue weighted by atomic mass is 10.0. The Morgan fingerprint density at radius 3 is 2.52 bits per heavy atom. The first-order chi connectivity index (χ1) is 9.73. The average Bonchev–Trinajstić information content (AvgIpc) is 2.59. The Morgan fingerprint density at radius 2 is 2.00 bits per heavy atom. The summed E-state index contributed by atoms with van der Waals surface area (Å²) >= 11 is 3.38. The molecule has 1 aromatic carbocycles. The molecule has 114 valence electrons. The lowest BCUT2D eigenvalue weighted by Crippen LogP contribution is -2.12. The molecule has 0 amide bonds. The number of carboxylic acids is 1. The van der Waals surface area contributed by atoms with Gasteiger partial charge in [0.15, 0.2) is 0 Å². The highest BCUT2D eigenvalue weighted by molar-refractivity contribution is 9.10. The summed E-state index contributed by atoms with van der Waals surface area (Å²) in [6.07, 6.45) is -0.0509. The van der Waals surface area contributed by atoms with Gasteiger partial charge in [0, 0.05) is 35.8 Å². The Labute approximate surface area is 131 Å². The summed E-state index contributed by atoms with van der Waals surface area (Å²) in [5, 5.41) is 20.4. The van der Waals surface area contributed by atoms with Crippen LogP contribution in [0.4, 0.5) is 0 Å². The molecule has 5 nitrogen and oxygen atoms in total. The van der Waals surface area contributed by atoms with Crippen LogP contribution >= 0.6 is 15.9 Å². The first kappa shape index (κ1) is 15.9. The number of hydrogen-bond acceptors (Lipinski definition) is 3. The number of phenolic OH excluding ortho intramolecular Hbond substituents is 1. The van der Waals surface area contributed by atoms with Crippen LogP contribution in [0.15, 0.2) is 10.5 Å². The molecule has 1 aromatic heterocycles. The zero-order valence-electron chi connectivity index (χ0n) is 12.6. The van der Waals surface area contributed by atoms with Crippen LogP contribution in [0, 0.1) is 6.92 Å². The number of hydrogen-bond donors (Lipinski definition) is 2. The molecule has 2 N–H and O–H groups in total. The van der Waals surface area contributed by atoms with Crippen LogP contribution in [0.1, 0.15) is 16.8 Å². The predicted octanol–water partition coefficient (Wildman–Crippen LogP) is 2.64. The maximum atomic E-state index is 11.2. The van der Waals surface area contributed by atoms with Crippen molar-refractivity contribution in [3.8, 4) is 5.75 Å². The molecule has 1 heterocycles. The third-order valence-electron chi connectivity index (χ3n) is 3.74. The summed E-state index contributed by atoms with van der Waals surface area (Å²) in [5.74, 6) is -0.697. The molecular formula is C15H19BrN2O3. The van der Waals surface area contributed by atoms with Gasteiger partial charge >= 0.3 is 5.97 Å². The number of carboxylic acid groups (broad SMARTS) is 1. The maximum absolute atomic E-state index is 11.2. The monoisotopic (exact) mass is 354 g/mol. The topological polar surface area (TPSA) is 65.7 Å². The smallest absolute Gasteiger partial charge is 0.307 e. The van der Waals surface area contributed by atoms with Crippen LogP contribution < -0.4 is 0 Å². The van der Waals surface area contributed by atoms with E-state index in [1.165, 1.54) is 0 Å². The second-order valence-electron chi connectivity index (χ2n) is 5.51. The largest absolute Gasteiger partial charge is 0.506 e.